The third kappa shape index (κ3) is 2.93. The zero-order chi connectivity index (χ0) is 19.1. The van der Waals surface area contributed by atoms with Gasteiger partial charge in [-0.15, -0.1) is 11.3 Å². The highest BCUT2D eigenvalue weighted by molar-refractivity contribution is 7.22. The Morgan fingerprint density at radius 1 is 1.00 bits per heavy atom. The summed E-state index contributed by atoms with van der Waals surface area (Å²) in [5.41, 5.74) is 4.19. The monoisotopic (exact) mass is 384 g/mol. The minimum absolute atomic E-state index is 0.132. The van der Waals surface area contributed by atoms with Gasteiger partial charge >= 0.3 is 0 Å². The summed E-state index contributed by atoms with van der Waals surface area (Å²) in [6.07, 6.45) is 3.62. The summed E-state index contributed by atoms with van der Waals surface area (Å²) in [5.74, 6) is 0.414. The number of nitrogens with zero attached hydrogens (tertiary/aromatic N) is 2. The second-order valence-electron chi connectivity index (χ2n) is 6.62. The van der Waals surface area contributed by atoms with Crippen molar-refractivity contribution in [2.75, 3.05) is 5.32 Å². The van der Waals surface area contributed by atoms with Gasteiger partial charge in [0.15, 0.2) is 0 Å². The van der Waals surface area contributed by atoms with Crippen LogP contribution in [0.1, 0.15) is 6.92 Å². The Balaban J connectivity index is 1.64. The number of carbonyl (C=O) groups excluding carboxylic acids is 1. The quantitative estimate of drug-likeness (QED) is 0.434. The van der Waals surface area contributed by atoms with Crippen LogP contribution < -0.4 is 5.32 Å². The first-order chi connectivity index (χ1) is 13.7. The van der Waals surface area contributed by atoms with E-state index in [4.69, 9.17) is 0 Å². The fourth-order valence-corrected chi connectivity index (χ4v) is 4.44. The van der Waals surface area contributed by atoms with Gasteiger partial charge in [-0.05, 0) is 47.3 Å². The maximum atomic E-state index is 11.2. The van der Waals surface area contributed by atoms with E-state index in [1.165, 1.54) is 21.9 Å². The Morgan fingerprint density at radius 3 is 2.68 bits per heavy atom. The van der Waals surface area contributed by atoms with E-state index in [0.29, 0.717) is 5.82 Å². The Bertz CT molecular complexity index is 1280. The van der Waals surface area contributed by atoms with Crippen LogP contribution in [0.25, 0.3) is 42.6 Å². The number of hydrogen-bond donors (Lipinski definition) is 2. The smallest absolute Gasteiger partial charge is 0.222 e. The topological polar surface area (TPSA) is 70.7 Å². The first-order valence-electron chi connectivity index (χ1n) is 8.87. The minimum atomic E-state index is -0.132. The first kappa shape index (κ1) is 16.6. The van der Waals surface area contributed by atoms with Crippen molar-refractivity contribution in [1.82, 2.24) is 15.2 Å². The van der Waals surface area contributed by atoms with Crippen LogP contribution in [0.4, 0.5) is 5.82 Å². The number of aromatic nitrogens is 3. The van der Waals surface area contributed by atoms with Gasteiger partial charge < -0.3 is 5.32 Å². The summed E-state index contributed by atoms with van der Waals surface area (Å²) in [6, 6.07) is 18.7. The maximum absolute atomic E-state index is 11.2. The highest BCUT2D eigenvalue weighted by Gasteiger charge is 2.12. The number of hydrogen-bond acceptors (Lipinski definition) is 4. The number of fused-ring (bicyclic) bond motifs is 2. The van der Waals surface area contributed by atoms with Gasteiger partial charge in [0, 0.05) is 39.2 Å². The lowest BCUT2D eigenvalue weighted by atomic mass is 10.0. The fourth-order valence-electron chi connectivity index (χ4n) is 3.35. The molecule has 2 aromatic carbocycles. The van der Waals surface area contributed by atoms with E-state index < -0.39 is 0 Å². The molecule has 5 nitrogen and oxygen atoms in total. The normalized spacial score (nSPS) is 11.2. The Kier molecular flexibility index (Phi) is 3.91. The molecule has 6 heteroatoms. The van der Waals surface area contributed by atoms with Crippen molar-refractivity contribution in [2.45, 2.75) is 6.92 Å². The summed E-state index contributed by atoms with van der Waals surface area (Å²) < 4.78 is 1.26. The summed E-state index contributed by atoms with van der Waals surface area (Å²) in [7, 11) is 0. The van der Waals surface area contributed by atoms with Gasteiger partial charge in [-0.1, -0.05) is 18.2 Å². The molecule has 1 amide bonds. The number of nitrogens with one attached hydrogen (secondary N) is 2. The molecule has 0 aliphatic rings. The number of pyridine rings is 1. The van der Waals surface area contributed by atoms with Crippen molar-refractivity contribution in [3.63, 3.8) is 0 Å². The molecule has 0 aliphatic carbocycles. The van der Waals surface area contributed by atoms with Crippen LogP contribution in [0.2, 0.25) is 0 Å². The average molecular weight is 384 g/mol. The highest BCUT2D eigenvalue weighted by Crippen LogP contribution is 2.39. The third-order valence-electron chi connectivity index (χ3n) is 4.64. The van der Waals surface area contributed by atoms with Gasteiger partial charge in [0.25, 0.3) is 0 Å². The zero-order valence-corrected chi connectivity index (χ0v) is 15.9. The standard InChI is InChI=1S/C22H16N4OS/c1-13(27)25-21-7-6-15(11-23-21)16-8-17-12-24-26-22(17)18(9-16)20-10-14-4-2-3-5-19(14)28-20/h2-12H,1H3,(H,24,26)(H,23,25,27). The number of H-pyrrole nitrogens is 1. The molecule has 0 saturated carbocycles. The highest BCUT2D eigenvalue weighted by atomic mass is 32.1. The number of amides is 1. The van der Waals surface area contributed by atoms with Gasteiger partial charge in [-0.25, -0.2) is 4.98 Å². The van der Waals surface area contributed by atoms with Gasteiger partial charge in [0.05, 0.1) is 11.7 Å². The molecular formula is C22H16N4OS. The van der Waals surface area contributed by atoms with E-state index >= 15 is 0 Å². The van der Waals surface area contributed by atoms with Gasteiger partial charge in [-0.2, -0.15) is 5.10 Å². The lowest BCUT2D eigenvalue weighted by molar-refractivity contribution is -0.114. The van der Waals surface area contributed by atoms with Crippen molar-refractivity contribution in [2.24, 2.45) is 0 Å². The fraction of sp³-hybridized carbons (Fsp3) is 0.0455. The van der Waals surface area contributed by atoms with Crippen molar-refractivity contribution in [3.8, 4) is 21.6 Å². The molecule has 0 unspecified atom stereocenters. The molecule has 3 aromatic heterocycles. The van der Waals surface area contributed by atoms with E-state index in [-0.39, 0.29) is 5.91 Å². The summed E-state index contributed by atoms with van der Waals surface area (Å²) in [4.78, 5) is 16.7. The second-order valence-corrected chi connectivity index (χ2v) is 7.70. The molecule has 0 bridgehead atoms. The summed E-state index contributed by atoms with van der Waals surface area (Å²) in [6.45, 7) is 1.47. The summed E-state index contributed by atoms with van der Waals surface area (Å²) >= 11 is 1.77. The molecule has 28 heavy (non-hydrogen) atoms. The number of carbonyl (C=O) groups is 1. The van der Waals surface area contributed by atoms with Gasteiger partial charge in [0.2, 0.25) is 5.91 Å². The Hall–Kier alpha value is -3.51. The van der Waals surface area contributed by atoms with Crippen molar-refractivity contribution in [3.05, 3.63) is 67.0 Å². The van der Waals surface area contributed by atoms with E-state index in [1.54, 1.807) is 17.5 Å². The van der Waals surface area contributed by atoms with E-state index in [1.807, 2.05) is 18.3 Å². The largest absolute Gasteiger partial charge is 0.311 e. The maximum Gasteiger partial charge on any atom is 0.222 e. The number of aromatic amines is 1. The number of benzene rings is 2. The molecule has 5 rings (SSSR count). The zero-order valence-electron chi connectivity index (χ0n) is 15.1. The first-order valence-corrected chi connectivity index (χ1v) is 9.69. The van der Waals surface area contributed by atoms with Crippen LogP contribution in [0.5, 0.6) is 0 Å². The molecule has 0 aliphatic heterocycles. The molecular weight excluding hydrogens is 368 g/mol. The predicted molar refractivity (Wildman–Crippen MR) is 114 cm³/mol. The lowest BCUT2D eigenvalue weighted by Crippen LogP contribution is -2.06. The van der Waals surface area contributed by atoms with Crippen LogP contribution in [-0.2, 0) is 4.79 Å². The number of anilines is 1. The van der Waals surface area contributed by atoms with E-state index in [0.717, 1.165) is 27.6 Å². The van der Waals surface area contributed by atoms with Crippen molar-refractivity contribution < 1.29 is 4.79 Å². The van der Waals surface area contributed by atoms with Crippen LogP contribution >= 0.6 is 11.3 Å². The molecule has 5 aromatic rings. The molecule has 0 fully saturated rings. The second kappa shape index (κ2) is 6.58. The molecule has 0 radical (unpaired) electrons. The van der Waals surface area contributed by atoms with Crippen LogP contribution in [0, 0.1) is 0 Å². The molecule has 0 saturated heterocycles. The minimum Gasteiger partial charge on any atom is -0.311 e. The third-order valence-corrected chi connectivity index (χ3v) is 5.79. The SMILES string of the molecule is CC(=O)Nc1ccc(-c2cc(-c3cc4ccccc4s3)c3[nH]ncc3c2)cn1. The van der Waals surface area contributed by atoms with Crippen LogP contribution in [-0.4, -0.2) is 21.1 Å². The average Bonchev–Trinajstić information content (AvgIpc) is 3.34. The van der Waals surface area contributed by atoms with Crippen LogP contribution in [0.15, 0.2) is 67.0 Å². The van der Waals surface area contributed by atoms with E-state index in [2.05, 4.69) is 63.0 Å². The molecule has 3 heterocycles. The number of rotatable bonds is 3. The van der Waals surface area contributed by atoms with Crippen LogP contribution in [0.3, 0.4) is 0 Å². The molecule has 0 atom stereocenters. The predicted octanol–water partition coefficient (Wildman–Crippen LogP) is 5.47. The van der Waals surface area contributed by atoms with Crippen molar-refractivity contribution in [1.29, 1.82) is 0 Å². The van der Waals surface area contributed by atoms with Gasteiger partial charge in [0.1, 0.15) is 5.82 Å². The molecule has 136 valence electrons. The summed E-state index contributed by atoms with van der Waals surface area (Å²) in [5, 5.41) is 12.4. The van der Waals surface area contributed by atoms with E-state index in [9.17, 15) is 4.79 Å². The van der Waals surface area contributed by atoms with Crippen molar-refractivity contribution >= 4 is 44.1 Å². The molecule has 0 spiro atoms. The molecule has 2 N–H and O–H groups in total. The Labute approximate surface area is 165 Å². The van der Waals surface area contributed by atoms with Gasteiger partial charge in [-0.3, -0.25) is 9.89 Å². The lowest BCUT2D eigenvalue weighted by Gasteiger charge is -2.07. The number of thiophene rings is 1. The Morgan fingerprint density at radius 2 is 1.89 bits per heavy atom.